The number of nitrogens with one attached hydrogen (secondary N) is 1. The quantitative estimate of drug-likeness (QED) is 0.780. The summed E-state index contributed by atoms with van der Waals surface area (Å²) in [5, 5.41) is 10.8. The Kier molecular flexibility index (Phi) is 5.00. The van der Waals surface area contributed by atoms with Gasteiger partial charge in [0.2, 0.25) is 0 Å². The van der Waals surface area contributed by atoms with E-state index in [0.717, 1.165) is 31.5 Å². The Balaban J connectivity index is 2.25. The molecule has 7 nitrogen and oxygen atoms in total. The molecule has 0 radical (unpaired) electrons. The summed E-state index contributed by atoms with van der Waals surface area (Å²) in [6, 6.07) is 0. The van der Waals surface area contributed by atoms with Crippen molar-refractivity contribution in [3.63, 3.8) is 0 Å². The highest BCUT2D eigenvalue weighted by Crippen LogP contribution is 2.43. The van der Waals surface area contributed by atoms with E-state index in [2.05, 4.69) is 29.5 Å². The number of rotatable bonds is 6. The van der Waals surface area contributed by atoms with Crippen LogP contribution in [0, 0.1) is 11.8 Å². The molecule has 8 heteroatoms. The second kappa shape index (κ2) is 6.41. The lowest BCUT2D eigenvalue weighted by molar-refractivity contribution is 0.0915. The van der Waals surface area contributed by atoms with Crippen LogP contribution in [-0.4, -0.2) is 44.7 Å². The minimum atomic E-state index is -3.44. The average molecular weight is 317 g/mol. The molecule has 0 aliphatic carbocycles. The van der Waals surface area contributed by atoms with Crippen LogP contribution in [0.1, 0.15) is 32.4 Å². The van der Waals surface area contributed by atoms with E-state index in [4.69, 9.17) is 8.71 Å². The minimum Gasteiger partial charge on any atom is -0.342 e. The third-order valence-electron chi connectivity index (χ3n) is 4.32. The lowest BCUT2D eigenvalue weighted by atomic mass is 9.63. The summed E-state index contributed by atoms with van der Waals surface area (Å²) in [6.45, 7) is 6.17. The summed E-state index contributed by atoms with van der Waals surface area (Å²) in [4.78, 5) is 0. The van der Waals surface area contributed by atoms with E-state index >= 15 is 0 Å². The van der Waals surface area contributed by atoms with Crippen LogP contribution >= 0.6 is 0 Å². The number of hydrogen-bond donors (Lipinski definition) is 1. The van der Waals surface area contributed by atoms with Crippen molar-refractivity contribution in [3.05, 3.63) is 12.0 Å². The fraction of sp³-hybridized carbons (Fsp3) is 0.846. The molecule has 2 atom stereocenters. The van der Waals surface area contributed by atoms with Gasteiger partial charge in [0.25, 0.3) is 10.1 Å². The van der Waals surface area contributed by atoms with E-state index in [9.17, 15) is 8.42 Å². The summed E-state index contributed by atoms with van der Waals surface area (Å²) in [7, 11) is -3.44. The highest BCUT2D eigenvalue weighted by atomic mass is 32.2. The number of hydrogen-bond acceptors (Lipinski definition) is 7. The zero-order chi connectivity index (χ0) is 15.5. The topological polar surface area (TPSA) is 94.3 Å². The molecule has 0 bridgehead atoms. The molecule has 21 heavy (non-hydrogen) atoms. The first-order valence-electron chi connectivity index (χ1n) is 7.18. The predicted molar refractivity (Wildman–Crippen MR) is 77.2 cm³/mol. The summed E-state index contributed by atoms with van der Waals surface area (Å²) < 4.78 is 32.7. The maximum Gasteiger partial charge on any atom is 0.264 e. The Bertz CT molecular complexity index is 544. The molecule has 1 saturated heterocycles. The average Bonchev–Trinajstić information content (AvgIpc) is 2.91. The Morgan fingerprint density at radius 1 is 1.57 bits per heavy atom. The van der Waals surface area contributed by atoms with Gasteiger partial charge in [-0.05, 0) is 37.8 Å². The van der Waals surface area contributed by atoms with Gasteiger partial charge in [-0.2, -0.15) is 8.42 Å². The standard InChI is InChI=1S/C13H23N3O4S/c1-10(2)11-8-14-6-4-13(11,12-9-15-16-20-12)5-7-19-21(3,17)18/h9-11,14H,4-8H2,1-3H3/t11?,13-/m1/s1. The molecule has 1 aliphatic rings. The van der Waals surface area contributed by atoms with Gasteiger partial charge in [0.1, 0.15) is 0 Å². The first-order valence-corrected chi connectivity index (χ1v) is 9.00. The monoisotopic (exact) mass is 317 g/mol. The van der Waals surface area contributed by atoms with Crippen LogP contribution in [-0.2, 0) is 19.7 Å². The van der Waals surface area contributed by atoms with Crippen molar-refractivity contribution in [2.24, 2.45) is 11.8 Å². The first-order chi connectivity index (χ1) is 9.85. The van der Waals surface area contributed by atoms with Gasteiger partial charge in [0.15, 0.2) is 5.76 Å². The molecule has 1 unspecified atom stereocenters. The van der Waals surface area contributed by atoms with Crippen molar-refractivity contribution in [1.82, 2.24) is 15.7 Å². The highest BCUT2D eigenvalue weighted by molar-refractivity contribution is 7.85. The molecule has 0 aromatic carbocycles. The number of aromatic nitrogens is 2. The van der Waals surface area contributed by atoms with Crippen LogP contribution < -0.4 is 5.32 Å². The van der Waals surface area contributed by atoms with Gasteiger partial charge in [-0.3, -0.25) is 4.18 Å². The van der Waals surface area contributed by atoms with Crippen LogP contribution in [0.3, 0.4) is 0 Å². The summed E-state index contributed by atoms with van der Waals surface area (Å²) in [6.07, 6.45) is 4.13. The van der Waals surface area contributed by atoms with Gasteiger partial charge in [0, 0.05) is 10.7 Å². The van der Waals surface area contributed by atoms with Crippen molar-refractivity contribution in [2.75, 3.05) is 26.0 Å². The largest absolute Gasteiger partial charge is 0.342 e. The van der Waals surface area contributed by atoms with Crippen LogP contribution in [0.5, 0.6) is 0 Å². The van der Waals surface area contributed by atoms with Crippen molar-refractivity contribution in [2.45, 2.75) is 32.1 Å². The Morgan fingerprint density at radius 2 is 2.33 bits per heavy atom. The van der Waals surface area contributed by atoms with Gasteiger partial charge >= 0.3 is 0 Å². The molecule has 1 fully saturated rings. The van der Waals surface area contributed by atoms with Crippen molar-refractivity contribution in [1.29, 1.82) is 0 Å². The Labute approximate surface area is 125 Å². The Morgan fingerprint density at radius 3 is 2.90 bits per heavy atom. The van der Waals surface area contributed by atoms with E-state index in [1.165, 1.54) is 0 Å². The molecule has 0 amide bonds. The van der Waals surface area contributed by atoms with Crippen molar-refractivity contribution >= 4 is 10.1 Å². The lowest BCUT2D eigenvalue weighted by Crippen LogP contribution is -2.50. The van der Waals surface area contributed by atoms with Crippen LogP contribution in [0.15, 0.2) is 10.7 Å². The molecule has 120 valence electrons. The molecule has 0 saturated carbocycles. The van der Waals surface area contributed by atoms with E-state index in [1.807, 2.05) is 0 Å². The van der Waals surface area contributed by atoms with E-state index < -0.39 is 10.1 Å². The van der Waals surface area contributed by atoms with Crippen LogP contribution in [0.4, 0.5) is 0 Å². The fourth-order valence-electron chi connectivity index (χ4n) is 3.32. The van der Waals surface area contributed by atoms with E-state index in [0.29, 0.717) is 18.3 Å². The highest BCUT2D eigenvalue weighted by Gasteiger charge is 2.46. The van der Waals surface area contributed by atoms with E-state index in [-0.39, 0.29) is 12.0 Å². The molecule has 1 aromatic rings. The van der Waals surface area contributed by atoms with Gasteiger partial charge in [0.05, 0.1) is 19.1 Å². The third-order valence-corrected chi connectivity index (χ3v) is 4.92. The second-order valence-electron chi connectivity index (χ2n) is 6.02. The molecule has 0 spiro atoms. The van der Waals surface area contributed by atoms with Crippen LogP contribution in [0.25, 0.3) is 0 Å². The molecule has 1 N–H and O–H groups in total. The summed E-state index contributed by atoms with van der Waals surface area (Å²) in [5.74, 6) is 1.45. The smallest absolute Gasteiger partial charge is 0.264 e. The van der Waals surface area contributed by atoms with Crippen molar-refractivity contribution in [3.8, 4) is 0 Å². The maximum absolute atomic E-state index is 11.2. The Hall–Kier alpha value is -0.990. The van der Waals surface area contributed by atoms with Crippen molar-refractivity contribution < 1.29 is 17.1 Å². The molecule has 2 heterocycles. The number of piperidine rings is 1. The zero-order valence-electron chi connectivity index (χ0n) is 12.7. The molecule has 1 aromatic heterocycles. The maximum atomic E-state index is 11.2. The van der Waals surface area contributed by atoms with E-state index in [1.54, 1.807) is 6.20 Å². The minimum absolute atomic E-state index is 0.142. The van der Waals surface area contributed by atoms with Gasteiger partial charge in [-0.25, -0.2) is 0 Å². The van der Waals surface area contributed by atoms with Crippen LogP contribution in [0.2, 0.25) is 0 Å². The molecular weight excluding hydrogens is 294 g/mol. The fourth-order valence-corrected chi connectivity index (χ4v) is 3.71. The molecular formula is C13H23N3O4S. The second-order valence-corrected chi connectivity index (χ2v) is 7.66. The van der Waals surface area contributed by atoms with Gasteiger partial charge in [-0.15, -0.1) is 5.10 Å². The lowest BCUT2D eigenvalue weighted by Gasteiger charge is -2.44. The number of nitrogens with zero attached hydrogens (tertiary/aromatic N) is 2. The van der Waals surface area contributed by atoms with Gasteiger partial charge < -0.3 is 9.84 Å². The zero-order valence-corrected chi connectivity index (χ0v) is 13.5. The van der Waals surface area contributed by atoms with Gasteiger partial charge in [-0.1, -0.05) is 13.8 Å². The third kappa shape index (κ3) is 3.81. The normalized spacial score (nSPS) is 27.1. The molecule has 1 aliphatic heterocycles. The predicted octanol–water partition coefficient (Wildman–Crippen LogP) is 0.939. The molecule has 2 rings (SSSR count). The SMILES string of the molecule is CC(C)C1CNCC[C@]1(CCOS(C)(=O)=O)c1cnno1. The first kappa shape index (κ1) is 16.4. The summed E-state index contributed by atoms with van der Waals surface area (Å²) >= 11 is 0. The summed E-state index contributed by atoms with van der Waals surface area (Å²) in [5.41, 5.74) is -0.284.